The molecule has 0 atom stereocenters. The van der Waals surface area contributed by atoms with Crippen molar-refractivity contribution in [2.75, 3.05) is 6.54 Å². The molecular formula is C15H18ClN3OS. The third kappa shape index (κ3) is 4.59. The Hall–Kier alpha value is -1.30. The summed E-state index contributed by atoms with van der Waals surface area (Å²) in [6.45, 7) is 2.61. The van der Waals surface area contributed by atoms with Crippen molar-refractivity contribution in [1.29, 1.82) is 0 Å². The monoisotopic (exact) mass is 323 g/mol. The average molecular weight is 324 g/mol. The normalized spacial score (nSPS) is 10.8. The Morgan fingerprint density at radius 2 is 2.14 bits per heavy atom. The van der Waals surface area contributed by atoms with Crippen LogP contribution in [-0.4, -0.2) is 16.5 Å². The molecule has 1 heterocycles. The first-order chi connectivity index (χ1) is 10.1. The van der Waals surface area contributed by atoms with E-state index in [9.17, 15) is 4.79 Å². The van der Waals surface area contributed by atoms with Gasteiger partial charge in [-0.3, -0.25) is 4.79 Å². The highest BCUT2D eigenvalue weighted by molar-refractivity contribution is 7.99. The molecule has 0 spiro atoms. The minimum absolute atomic E-state index is 0.120. The predicted molar refractivity (Wildman–Crippen MR) is 87.2 cm³/mol. The van der Waals surface area contributed by atoms with Gasteiger partial charge in [-0.1, -0.05) is 36.7 Å². The van der Waals surface area contributed by atoms with E-state index < -0.39 is 0 Å². The van der Waals surface area contributed by atoms with Crippen molar-refractivity contribution < 1.29 is 0 Å². The summed E-state index contributed by atoms with van der Waals surface area (Å²) in [5.74, 6) is 0. The molecule has 3 N–H and O–H groups in total. The zero-order chi connectivity index (χ0) is 15.2. The zero-order valence-electron chi connectivity index (χ0n) is 11.9. The minimum Gasteiger partial charge on any atom is -0.330 e. The van der Waals surface area contributed by atoms with Crippen LogP contribution in [0.25, 0.3) is 0 Å². The smallest absolute Gasteiger partial charge is 0.251 e. The van der Waals surface area contributed by atoms with Gasteiger partial charge < -0.3 is 10.7 Å². The van der Waals surface area contributed by atoms with Crippen LogP contribution in [-0.2, 0) is 12.8 Å². The van der Waals surface area contributed by atoms with E-state index in [-0.39, 0.29) is 5.56 Å². The largest absolute Gasteiger partial charge is 0.330 e. The highest BCUT2D eigenvalue weighted by atomic mass is 35.5. The van der Waals surface area contributed by atoms with Crippen molar-refractivity contribution in [3.8, 4) is 0 Å². The van der Waals surface area contributed by atoms with Crippen molar-refractivity contribution in [1.82, 2.24) is 9.97 Å². The van der Waals surface area contributed by atoms with Crippen molar-refractivity contribution in [3.05, 3.63) is 50.9 Å². The van der Waals surface area contributed by atoms with Crippen LogP contribution < -0.4 is 11.3 Å². The molecule has 0 fully saturated rings. The summed E-state index contributed by atoms with van der Waals surface area (Å²) in [5, 5.41) is 1.29. The summed E-state index contributed by atoms with van der Waals surface area (Å²) in [4.78, 5) is 20.0. The van der Waals surface area contributed by atoms with Crippen molar-refractivity contribution in [3.63, 3.8) is 0 Å². The summed E-state index contributed by atoms with van der Waals surface area (Å²) in [5.41, 5.74) is 7.40. The molecule has 112 valence electrons. The van der Waals surface area contributed by atoms with Gasteiger partial charge in [-0.15, -0.1) is 0 Å². The summed E-state index contributed by atoms with van der Waals surface area (Å²) in [6.07, 6.45) is 2.50. The molecule has 1 aromatic carbocycles. The van der Waals surface area contributed by atoms with Crippen LogP contribution in [0.4, 0.5) is 0 Å². The van der Waals surface area contributed by atoms with E-state index in [1.54, 1.807) is 6.07 Å². The zero-order valence-corrected chi connectivity index (χ0v) is 13.4. The molecule has 0 bridgehead atoms. The van der Waals surface area contributed by atoms with Crippen molar-refractivity contribution >= 4 is 23.4 Å². The molecule has 2 rings (SSSR count). The molecule has 0 aliphatic heterocycles. The molecule has 1 aromatic heterocycles. The number of nitrogens with two attached hydrogens (primary N) is 1. The van der Waals surface area contributed by atoms with Crippen LogP contribution in [0.2, 0.25) is 5.02 Å². The Balaban J connectivity index is 2.31. The van der Waals surface area contributed by atoms with E-state index in [0.717, 1.165) is 35.4 Å². The van der Waals surface area contributed by atoms with Gasteiger partial charge in [0.15, 0.2) is 5.16 Å². The first-order valence-corrected chi connectivity index (χ1v) is 8.08. The molecular weight excluding hydrogens is 306 g/mol. The van der Waals surface area contributed by atoms with Gasteiger partial charge in [0.25, 0.3) is 5.56 Å². The van der Waals surface area contributed by atoms with Crippen LogP contribution in [0.3, 0.4) is 0 Å². The van der Waals surface area contributed by atoms with Crippen LogP contribution in [0, 0.1) is 0 Å². The average Bonchev–Trinajstić information content (AvgIpc) is 2.42. The maximum Gasteiger partial charge on any atom is 0.251 e. The number of hydrogen-bond acceptors (Lipinski definition) is 4. The molecule has 0 amide bonds. The number of aromatic amines is 1. The second-order valence-corrected chi connectivity index (χ2v) is 6.15. The number of rotatable bonds is 6. The maximum absolute atomic E-state index is 11.7. The van der Waals surface area contributed by atoms with Gasteiger partial charge in [0, 0.05) is 21.7 Å². The highest BCUT2D eigenvalue weighted by Gasteiger charge is 2.08. The van der Waals surface area contributed by atoms with E-state index in [0.29, 0.717) is 16.7 Å². The number of nitrogens with one attached hydrogen (secondary N) is 1. The van der Waals surface area contributed by atoms with Gasteiger partial charge in [-0.25, -0.2) is 4.98 Å². The topological polar surface area (TPSA) is 71.8 Å². The van der Waals surface area contributed by atoms with E-state index in [1.807, 2.05) is 18.2 Å². The fourth-order valence-corrected chi connectivity index (χ4v) is 3.16. The number of benzene rings is 1. The number of nitrogens with zero attached hydrogens (tertiary/aromatic N) is 1. The molecule has 2 aromatic rings. The number of aromatic nitrogens is 2. The maximum atomic E-state index is 11.7. The standard InChI is InChI=1S/C15H18ClN3OS/c1-2-3-12-9-14(20)19-15(18-12)21-13-5-4-11(16)8-10(13)6-7-17/h4-5,8-9H,2-3,6-7,17H2,1H3,(H,18,19,20). The lowest BCUT2D eigenvalue weighted by Gasteiger charge is -2.09. The molecule has 0 saturated carbocycles. The second kappa shape index (κ2) is 7.64. The fourth-order valence-electron chi connectivity index (χ4n) is 2.02. The van der Waals surface area contributed by atoms with E-state index in [4.69, 9.17) is 17.3 Å². The molecule has 0 aliphatic rings. The summed E-state index contributed by atoms with van der Waals surface area (Å²) >= 11 is 7.46. The number of halogens is 1. The van der Waals surface area contributed by atoms with Crippen LogP contribution in [0.5, 0.6) is 0 Å². The van der Waals surface area contributed by atoms with E-state index in [1.165, 1.54) is 11.8 Å². The third-order valence-corrected chi connectivity index (χ3v) is 4.16. The Morgan fingerprint density at radius 3 is 2.86 bits per heavy atom. The molecule has 0 unspecified atom stereocenters. The molecule has 21 heavy (non-hydrogen) atoms. The van der Waals surface area contributed by atoms with Crippen LogP contribution >= 0.6 is 23.4 Å². The van der Waals surface area contributed by atoms with Crippen molar-refractivity contribution in [2.24, 2.45) is 5.73 Å². The number of aryl methyl sites for hydroxylation is 1. The lowest BCUT2D eigenvalue weighted by molar-refractivity contribution is 0.815. The molecule has 0 saturated heterocycles. The van der Waals surface area contributed by atoms with Gasteiger partial charge in [0.1, 0.15) is 0 Å². The lowest BCUT2D eigenvalue weighted by atomic mass is 10.1. The minimum atomic E-state index is -0.120. The molecule has 4 nitrogen and oxygen atoms in total. The molecule has 6 heteroatoms. The first-order valence-electron chi connectivity index (χ1n) is 6.89. The van der Waals surface area contributed by atoms with Crippen molar-refractivity contribution in [2.45, 2.75) is 36.2 Å². The van der Waals surface area contributed by atoms with Gasteiger partial charge in [-0.2, -0.15) is 0 Å². The second-order valence-electron chi connectivity index (χ2n) is 4.68. The predicted octanol–water partition coefficient (Wildman–Crippen LogP) is 3.03. The highest BCUT2D eigenvalue weighted by Crippen LogP contribution is 2.30. The first kappa shape index (κ1) is 16.1. The Labute approximate surface area is 133 Å². The number of hydrogen-bond donors (Lipinski definition) is 2. The van der Waals surface area contributed by atoms with Gasteiger partial charge >= 0.3 is 0 Å². The summed E-state index contributed by atoms with van der Waals surface area (Å²) in [6, 6.07) is 7.23. The van der Waals surface area contributed by atoms with Gasteiger partial charge in [0.05, 0.1) is 0 Å². The summed E-state index contributed by atoms with van der Waals surface area (Å²) < 4.78 is 0. The number of H-pyrrole nitrogens is 1. The van der Waals surface area contributed by atoms with E-state index >= 15 is 0 Å². The Kier molecular flexibility index (Phi) is 5.85. The summed E-state index contributed by atoms with van der Waals surface area (Å²) in [7, 11) is 0. The molecule has 0 aliphatic carbocycles. The molecule has 0 radical (unpaired) electrons. The van der Waals surface area contributed by atoms with Crippen LogP contribution in [0.15, 0.2) is 39.1 Å². The van der Waals surface area contributed by atoms with E-state index in [2.05, 4.69) is 16.9 Å². The fraction of sp³-hybridized carbons (Fsp3) is 0.333. The lowest BCUT2D eigenvalue weighted by Crippen LogP contribution is -2.10. The van der Waals surface area contributed by atoms with Crippen LogP contribution in [0.1, 0.15) is 24.6 Å². The Bertz CT molecular complexity index is 672. The SMILES string of the molecule is CCCc1cc(=O)[nH]c(Sc2ccc(Cl)cc2CCN)n1. The third-order valence-electron chi connectivity index (χ3n) is 2.92. The van der Waals surface area contributed by atoms with Gasteiger partial charge in [-0.05, 0) is 43.1 Å². The Morgan fingerprint density at radius 1 is 1.33 bits per heavy atom. The van der Waals surface area contributed by atoms with Gasteiger partial charge in [0.2, 0.25) is 0 Å². The quantitative estimate of drug-likeness (QED) is 0.801.